The Kier molecular flexibility index (Phi) is 6.29. The Labute approximate surface area is 175 Å². The summed E-state index contributed by atoms with van der Waals surface area (Å²) in [6.45, 7) is 0.544. The normalized spacial score (nSPS) is 17.7. The molecule has 1 aliphatic heterocycles. The van der Waals surface area contributed by atoms with Gasteiger partial charge in [-0.3, -0.25) is 4.79 Å². The first-order valence-corrected chi connectivity index (χ1v) is 10.2. The Bertz CT molecular complexity index is 988. The van der Waals surface area contributed by atoms with Crippen LogP contribution in [0.25, 0.3) is 0 Å². The Hall–Kier alpha value is -3.32. The number of benzene rings is 2. The van der Waals surface area contributed by atoms with Crippen LogP contribution in [0.3, 0.4) is 0 Å². The second-order valence-electron chi connectivity index (χ2n) is 7.59. The molecule has 1 saturated heterocycles. The third kappa shape index (κ3) is 5.18. The van der Waals surface area contributed by atoms with E-state index in [4.69, 9.17) is 0 Å². The predicted molar refractivity (Wildman–Crippen MR) is 112 cm³/mol. The lowest BCUT2D eigenvalue weighted by Crippen LogP contribution is -2.31. The highest BCUT2D eigenvalue weighted by molar-refractivity contribution is 5.79. The van der Waals surface area contributed by atoms with Crippen molar-refractivity contribution in [1.29, 1.82) is 0 Å². The Morgan fingerprint density at radius 1 is 1.13 bits per heavy atom. The van der Waals surface area contributed by atoms with E-state index in [-0.39, 0.29) is 11.9 Å². The third-order valence-corrected chi connectivity index (χ3v) is 5.31. The standard InChI is InChI=1S/C23H25N5O2/c29-21(14-17-5-2-1-3-6-17)11-9-20-10-12-23(30)28(20)16-19-8-4-7-18(13-19)15-22-24-26-27-25-22/h1-9,11,13,20-21,29H,10,12,14-16H2,(H,24,25,26,27)/b11-9+/t20-,21?/m0/s1. The maximum absolute atomic E-state index is 12.5. The van der Waals surface area contributed by atoms with Crippen molar-refractivity contribution in [3.05, 3.63) is 89.3 Å². The van der Waals surface area contributed by atoms with Crippen molar-refractivity contribution < 1.29 is 9.90 Å². The number of hydrogen-bond donors (Lipinski definition) is 2. The molecule has 0 radical (unpaired) electrons. The monoisotopic (exact) mass is 403 g/mol. The van der Waals surface area contributed by atoms with Crippen LogP contribution in [0.1, 0.15) is 35.4 Å². The number of nitrogens with one attached hydrogen (secondary N) is 1. The number of aromatic amines is 1. The van der Waals surface area contributed by atoms with Gasteiger partial charge in [0.15, 0.2) is 5.82 Å². The first-order valence-electron chi connectivity index (χ1n) is 10.2. The summed E-state index contributed by atoms with van der Waals surface area (Å²) in [6.07, 6.45) is 5.69. The van der Waals surface area contributed by atoms with E-state index in [1.807, 2.05) is 65.6 Å². The molecule has 2 N–H and O–H groups in total. The molecule has 1 unspecified atom stereocenters. The summed E-state index contributed by atoms with van der Waals surface area (Å²) in [7, 11) is 0. The van der Waals surface area contributed by atoms with Gasteiger partial charge in [0.2, 0.25) is 5.91 Å². The van der Waals surface area contributed by atoms with Crippen LogP contribution in [0.4, 0.5) is 0 Å². The van der Waals surface area contributed by atoms with Crippen molar-refractivity contribution in [2.45, 2.75) is 44.4 Å². The van der Waals surface area contributed by atoms with E-state index >= 15 is 0 Å². The largest absolute Gasteiger partial charge is 0.389 e. The second kappa shape index (κ2) is 9.45. The summed E-state index contributed by atoms with van der Waals surface area (Å²) in [4.78, 5) is 14.4. The van der Waals surface area contributed by atoms with Crippen LogP contribution in [0, 0.1) is 0 Å². The van der Waals surface area contributed by atoms with E-state index in [1.54, 1.807) is 0 Å². The highest BCUT2D eigenvalue weighted by Crippen LogP contribution is 2.23. The molecule has 7 heteroatoms. The number of amides is 1. The summed E-state index contributed by atoms with van der Waals surface area (Å²) in [6, 6.07) is 18.0. The molecule has 1 amide bonds. The fraction of sp³-hybridized carbons (Fsp3) is 0.304. The maximum atomic E-state index is 12.5. The fourth-order valence-corrected chi connectivity index (χ4v) is 3.82. The van der Waals surface area contributed by atoms with E-state index in [1.165, 1.54) is 0 Å². The van der Waals surface area contributed by atoms with Gasteiger partial charge in [0.05, 0.1) is 12.1 Å². The minimum absolute atomic E-state index is 0.00351. The molecule has 1 aliphatic rings. The van der Waals surface area contributed by atoms with Crippen LogP contribution < -0.4 is 0 Å². The zero-order valence-electron chi connectivity index (χ0n) is 16.7. The molecule has 4 rings (SSSR count). The molecule has 2 atom stereocenters. The van der Waals surface area contributed by atoms with Crippen LogP contribution in [0.2, 0.25) is 0 Å². The lowest BCUT2D eigenvalue weighted by atomic mass is 10.1. The summed E-state index contributed by atoms with van der Waals surface area (Å²) in [5.74, 6) is 0.781. The molecule has 1 fully saturated rings. The van der Waals surface area contributed by atoms with E-state index in [0.717, 1.165) is 23.1 Å². The Morgan fingerprint density at radius 3 is 2.73 bits per heavy atom. The molecule has 0 bridgehead atoms. The summed E-state index contributed by atoms with van der Waals surface area (Å²) in [5, 5.41) is 24.4. The number of nitrogens with zero attached hydrogens (tertiary/aromatic N) is 4. The lowest BCUT2D eigenvalue weighted by molar-refractivity contribution is -0.129. The van der Waals surface area contributed by atoms with Crippen molar-refractivity contribution in [1.82, 2.24) is 25.5 Å². The van der Waals surface area contributed by atoms with Crippen LogP contribution in [0.5, 0.6) is 0 Å². The summed E-state index contributed by atoms with van der Waals surface area (Å²) in [5.41, 5.74) is 3.23. The molecule has 154 valence electrons. The van der Waals surface area contributed by atoms with Gasteiger partial charge in [-0.05, 0) is 23.1 Å². The van der Waals surface area contributed by atoms with Crippen LogP contribution >= 0.6 is 0 Å². The second-order valence-corrected chi connectivity index (χ2v) is 7.59. The van der Waals surface area contributed by atoms with Gasteiger partial charge in [-0.2, -0.15) is 5.21 Å². The topological polar surface area (TPSA) is 95.0 Å². The molecule has 0 spiro atoms. The van der Waals surface area contributed by atoms with Gasteiger partial charge in [0.25, 0.3) is 0 Å². The van der Waals surface area contributed by atoms with Crippen molar-refractivity contribution in [3.63, 3.8) is 0 Å². The first kappa shape index (κ1) is 20.0. The quantitative estimate of drug-likeness (QED) is 0.564. The minimum atomic E-state index is -0.566. The predicted octanol–water partition coefficient (Wildman–Crippen LogP) is 2.44. The van der Waals surface area contributed by atoms with Crippen LogP contribution in [-0.2, 0) is 24.2 Å². The summed E-state index contributed by atoms with van der Waals surface area (Å²) >= 11 is 0. The average Bonchev–Trinajstić information content (AvgIpc) is 3.38. The van der Waals surface area contributed by atoms with E-state index in [2.05, 4.69) is 26.7 Å². The van der Waals surface area contributed by atoms with E-state index < -0.39 is 6.10 Å². The number of carbonyl (C=O) groups is 1. The number of rotatable bonds is 8. The lowest BCUT2D eigenvalue weighted by Gasteiger charge is -2.23. The number of likely N-dealkylation sites (tertiary alicyclic amines) is 1. The van der Waals surface area contributed by atoms with Crippen LogP contribution in [-0.4, -0.2) is 48.7 Å². The SMILES string of the molecule is O=C1CC[C@H](/C=C/C(O)Cc2ccccc2)N1Cc1cccc(Cc2nn[nH]n2)c1. The van der Waals surface area contributed by atoms with Gasteiger partial charge < -0.3 is 10.0 Å². The molecule has 2 aromatic carbocycles. The number of carbonyl (C=O) groups excluding carboxylic acids is 1. The molecule has 0 saturated carbocycles. The maximum Gasteiger partial charge on any atom is 0.223 e. The highest BCUT2D eigenvalue weighted by atomic mass is 16.3. The van der Waals surface area contributed by atoms with Crippen molar-refractivity contribution in [3.8, 4) is 0 Å². The Balaban J connectivity index is 1.39. The molecular formula is C23H25N5O2. The third-order valence-electron chi connectivity index (χ3n) is 5.31. The van der Waals surface area contributed by atoms with E-state index in [9.17, 15) is 9.90 Å². The zero-order chi connectivity index (χ0) is 20.8. The number of aliphatic hydroxyl groups excluding tert-OH is 1. The van der Waals surface area contributed by atoms with Gasteiger partial charge >= 0.3 is 0 Å². The summed E-state index contributed by atoms with van der Waals surface area (Å²) < 4.78 is 0. The number of hydrogen-bond acceptors (Lipinski definition) is 5. The minimum Gasteiger partial charge on any atom is -0.389 e. The van der Waals surface area contributed by atoms with E-state index in [0.29, 0.717) is 31.6 Å². The van der Waals surface area contributed by atoms with Gasteiger partial charge in [-0.1, -0.05) is 72.0 Å². The van der Waals surface area contributed by atoms with Crippen molar-refractivity contribution >= 4 is 5.91 Å². The first-order chi connectivity index (χ1) is 14.7. The number of aliphatic hydroxyl groups is 1. The molecule has 30 heavy (non-hydrogen) atoms. The molecule has 1 aromatic heterocycles. The molecule has 3 aromatic rings. The van der Waals surface area contributed by atoms with Gasteiger partial charge in [-0.25, -0.2) is 0 Å². The van der Waals surface area contributed by atoms with Gasteiger partial charge in [0, 0.05) is 25.8 Å². The number of H-pyrrole nitrogens is 1. The molecule has 7 nitrogen and oxygen atoms in total. The molecular weight excluding hydrogens is 378 g/mol. The Morgan fingerprint density at radius 2 is 1.93 bits per heavy atom. The highest BCUT2D eigenvalue weighted by Gasteiger charge is 2.29. The molecule has 2 heterocycles. The van der Waals surface area contributed by atoms with Gasteiger partial charge in [0.1, 0.15) is 0 Å². The number of tetrazole rings is 1. The van der Waals surface area contributed by atoms with Crippen LogP contribution in [0.15, 0.2) is 66.7 Å². The average molecular weight is 403 g/mol. The van der Waals surface area contributed by atoms with Crippen molar-refractivity contribution in [2.75, 3.05) is 0 Å². The smallest absolute Gasteiger partial charge is 0.223 e. The van der Waals surface area contributed by atoms with Gasteiger partial charge in [-0.15, -0.1) is 10.2 Å². The fourth-order valence-electron chi connectivity index (χ4n) is 3.82. The van der Waals surface area contributed by atoms with Crippen molar-refractivity contribution in [2.24, 2.45) is 0 Å². The molecule has 0 aliphatic carbocycles. The zero-order valence-corrected chi connectivity index (χ0v) is 16.7. The number of aromatic nitrogens is 4.